The molecule has 2 heterocycles. The number of rotatable bonds is 3. The fourth-order valence-electron chi connectivity index (χ4n) is 2.81. The number of aryl methyl sites for hydroxylation is 1. The zero-order valence-electron chi connectivity index (χ0n) is 14.9. The van der Waals surface area contributed by atoms with Crippen LogP contribution in [0.1, 0.15) is 5.56 Å². The van der Waals surface area contributed by atoms with Gasteiger partial charge in [0.2, 0.25) is 0 Å². The first kappa shape index (κ1) is 17.0. The Morgan fingerprint density at radius 3 is 2.56 bits per heavy atom. The van der Waals surface area contributed by atoms with Gasteiger partial charge in [-0.05, 0) is 18.6 Å². The van der Waals surface area contributed by atoms with Crippen molar-refractivity contribution in [3.63, 3.8) is 0 Å². The average molecular weight is 340 g/mol. The van der Waals surface area contributed by atoms with Gasteiger partial charge in [-0.3, -0.25) is 0 Å². The van der Waals surface area contributed by atoms with Gasteiger partial charge < -0.3 is 20.0 Å². The highest BCUT2D eigenvalue weighted by atomic mass is 16.2. The quantitative estimate of drug-likeness (QED) is 0.928. The zero-order valence-corrected chi connectivity index (χ0v) is 14.9. The van der Waals surface area contributed by atoms with Gasteiger partial charge in [0.05, 0.1) is 11.9 Å². The Hall–Kier alpha value is -2.83. The molecule has 3 rings (SSSR count). The van der Waals surface area contributed by atoms with Crippen LogP contribution < -0.4 is 15.1 Å². The number of piperazine rings is 1. The van der Waals surface area contributed by atoms with Crippen LogP contribution in [0.4, 0.5) is 22.0 Å². The molecule has 25 heavy (non-hydrogen) atoms. The lowest BCUT2D eigenvalue weighted by molar-refractivity contribution is 0.208. The van der Waals surface area contributed by atoms with E-state index in [2.05, 4.69) is 20.4 Å². The molecule has 0 spiro atoms. The topological polar surface area (TPSA) is 64.6 Å². The van der Waals surface area contributed by atoms with Crippen LogP contribution in [0.15, 0.2) is 36.5 Å². The standard InChI is InChI=1S/C18H24N6O/c1-14-6-4-5-7-16(14)20-18(25)24-10-8-23(9-11-24)15-12-17(22(2)3)21-19-13-15/h4-7,12-13H,8-11H2,1-3H3,(H,20,25). The Labute approximate surface area is 148 Å². The molecule has 1 aromatic carbocycles. The molecule has 0 saturated carbocycles. The maximum atomic E-state index is 12.5. The normalized spacial score (nSPS) is 14.4. The van der Waals surface area contributed by atoms with E-state index in [1.807, 2.05) is 61.2 Å². The highest BCUT2D eigenvalue weighted by Crippen LogP contribution is 2.20. The predicted molar refractivity (Wildman–Crippen MR) is 100 cm³/mol. The molecule has 1 aliphatic heterocycles. The van der Waals surface area contributed by atoms with Gasteiger partial charge in [-0.25, -0.2) is 4.79 Å². The van der Waals surface area contributed by atoms with Gasteiger partial charge in [-0.1, -0.05) is 18.2 Å². The summed E-state index contributed by atoms with van der Waals surface area (Å²) in [7, 11) is 3.89. The number of aromatic nitrogens is 2. The largest absolute Gasteiger partial charge is 0.367 e. The summed E-state index contributed by atoms with van der Waals surface area (Å²) in [4.78, 5) is 18.5. The van der Waals surface area contributed by atoms with Crippen molar-refractivity contribution >= 4 is 23.2 Å². The van der Waals surface area contributed by atoms with Crippen LogP contribution in [0.3, 0.4) is 0 Å². The molecular formula is C18H24N6O. The van der Waals surface area contributed by atoms with Gasteiger partial charge in [0.15, 0.2) is 5.82 Å². The number of hydrogen-bond donors (Lipinski definition) is 1. The lowest BCUT2D eigenvalue weighted by Gasteiger charge is -2.36. The fourth-order valence-corrected chi connectivity index (χ4v) is 2.81. The molecule has 1 saturated heterocycles. The molecule has 0 aliphatic carbocycles. The van der Waals surface area contributed by atoms with Crippen molar-refractivity contribution in [1.82, 2.24) is 15.1 Å². The molecule has 7 heteroatoms. The average Bonchev–Trinajstić information content (AvgIpc) is 2.64. The Bertz CT molecular complexity index is 740. The molecule has 0 radical (unpaired) electrons. The zero-order chi connectivity index (χ0) is 17.8. The van der Waals surface area contributed by atoms with Crippen LogP contribution >= 0.6 is 0 Å². The van der Waals surface area contributed by atoms with Gasteiger partial charge >= 0.3 is 6.03 Å². The summed E-state index contributed by atoms with van der Waals surface area (Å²) in [6.07, 6.45) is 1.77. The molecule has 1 fully saturated rings. The minimum absolute atomic E-state index is 0.0456. The summed E-state index contributed by atoms with van der Waals surface area (Å²) in [5.41, 5.74) is 2.97. The highest BCUT2D eigenvalue weighted by molar-refractivity contribution is 5.90. The molecule has 0 atom stereocenters. The molecule has 0 bridgehead atoms. The number of amides is 2. The molecular weight excluding hydrogens is 316 g/mol. The monoisotopic (exact) mass is 340 g/mol. The van der Waals surface area contributed by atoms with Crippen LogP contribution in [-0.4, -0.2) is 61.4 Å². The van der Waals surface area contributed by atoms with E-state index in [4.69, 9.17) is 0 Å². The molecule has 1 N–H and O–H groups in total. The van der Waals surface area contributed by atoms with Crippen molar-refractivity contribution in [2.45, 2.75) is 6.92 Å². The first-order valence-corrected chi connectivity index (χ1v) is 8.41. The first-order valence-electron chi connectivity index (χ1n) is 8.41. The fraction of sp³-hybridized carbons (Fsp3) is 0.389. The Morgan fingerprint density at radius 1 is 1.16 bits per heavy atom. The van der Waals surface area contributed by atoms with E-state index in [1.54, 1.807) is 6.20 Å². The number of urea groups is 1. The van der Waals surface area contributed by atoms with Crippen molar-refractivity contribution in [1.29, 1.82) is 0 Å². The van der Waals surface area contributed by atoms with Crippen LogP contribution in [-0.2, 0) is 0 Å². The lowest BCUT2D eigenvalue weighted by atomic mass is 10.2. The minimum atomic E-state index is -0.0456. The van der Waals surface area contributed by atoms with Gasteiger partial charge in [0.1, 0.15) is 0 Å². The van der Waals surface area contributed by atoms with Crippen molar-refractivity contribution in [2.24, 2.45) is 0 Å². The molecule has 2 amide bonds. The number of benzene rings is 1. The Balaban J connectivity index is 1.59. The maximum absolute atomic E-state index is 12.5. The third-order valence-electron chi connectivity index (χ3n) is 4.40. The smallest absolute Gasteiger partial charge is 0.321 e. The number of carbonyl (C=O) groups is 1. The third-order valence-corrected chi connectivity index (χ3v) is 4.40. The van der Waals surface area contributed by atoms with Gasteiger partial charge in [0.25, 0.3) is 0 Å². The van der Waals surface area contributed by atoms with Gasteiger partial charge in [0, 0.05) is 52.0 Å². The molecule has 1 aromatic heterocycles. The SMILES string of the molecule is Cc1ccccc1NC(=O)N1CCN(c2cnnc(N(C)C)c2)CC1. The minimum Gasteiger partial charge on any atom is -0.367 e. The van der Waals surface area contributed by atoms with E-state index >= 15 is 0 Å². The number of carbonyl (C=O) groups excluding carboxylic acids is 1. The Morgan fingerprint density at radius 2 is 1.88 bits per heavy atom. The second-order valence-electron chi connectivity index (χ2n) is 6.39. The summed E-state index contributed by atoms with van der Waals surface area (Å²) in [5, 5.41) is 11.2. The molecule has 1 aliphatic rings. The van der Waals surface area contributed by atoms with Gasteiger partial charge in [-0.15, -0.1) is 5.10 Å². The number of para-hydroxylation sites is 1. The Kier molecular flexibility index (Phi) is 5.02. The third kappa shape index (κ3) is 3.99. The second-order valence-corrected chi connectivity index (χ2v) is 6.39. The maximum Gasteiger partial charge on any atom is 0.321 e. The van der Waals surface area contributed by atoms with Crippen molar-refractivity contribution in [3.8, 4) is 0 Å². The van der Waals surface area contributed by atoms with Crippen LogP contribution in [0.25, 0.3) is 0 Å². The van der Waals surface area contributed by atoms with Gasteiger partial charge in [-0.2, -0.15) is 5.10 Å². The van der Waals surface area contributed by atoms with E-state index in [0.717, 1.165) is 35.8 Å². The molecule has 0 unspecified atom stereocenters. The number of hydrogen-bond acceptors (Lipinski definition) is 5. The summed E-state index contributed by atoms with van der Waals surface area (Å²) in [6, 6.07) is 9.79. The summed E-state index contributed by atoms with van der Waals surface area (Å²) in [6.45, 7) is 4.90. The highest BCUT2D eigenvalue weighted by Gasteiger charge is 2.22. The first-order chi connectivity index (χ1) is 12.0. The van der Waals surface area contributed by atoms with E-state index in [9.17, 15) is 4.79 Å². The van der Waals surface area contributed by atoms with Crippen molar-refractivity contribution < 1.29 is 4.79 Å². The van der Waals surface area contributed by atoms with E-state index < -0.39 is 0 Å². The molecule has 132 valence electrons. The van der Waals surface area contributed by atoms with Crippen LogP contribution in [0.5, 0.6) is 0 Å². The second kappa shape index (κ2) is 7.38. The van der Waals surface area contributed by atoms with E-state index in [-0.39, 0.29) is 6.03 Å². The van der Waals surface area contributed by atoms with Crippen molar-refractivity contribution in [2.75, 3.05) is 55.4 Å². The number of anilines is 3. The predicted octanol–water partition coefficient (Wildman–Crippen LogP) is 2.21. The lowest BCUT2D eigenvalue weighted by Crippen LogP contribution is -2.50. The summed E-state index contributed by atoms with van der Waals surface area (Å²) in [5.74, 6) is 0.831. The number of nitrogens with one attached hydrogen (secondary N) is 1. The molecule has 2 aromatic rings. The summed E-state index contributed by atoms with van der Waals surface area (Å²) >= 11 is 0. The van der Waals surface area contributed by atoms with E-state index in [0.29, 0.717) is 13.1 Å². The summed E-state index contributed by atoms with van der Waals surface area (Å²) < 4.78 is 0. The van der Waals surface area contributed by atoms with Crippen molar-refractivity contribution in [3.05, 3.63) is 42.1 Å². The van der Waals surface area contributed by atoms with E-state index in [1.165, 1.54) is 0 Å². The number of nitrogens with zero attached hydrogens (tertiary/aromatic N) is 5. The van der Waals surface area contributed by atoms with Crippen LogP contribution in [0.2, 0.25) is 0 Å². The molecule has 7 nitrogen and oxygen atoms in total. The van der Waals surface area contributed by atoms with Crippen LogP contribution in [0, 0.1) is 6.92 Å².